The minimum atomic E-state index is -0.427. The fourth-order valence-electron chi connectivity index (χ4n) is 2.12. The zero-order valence-electron chi connectivity index (χ0n) is 12.5. The summed E-state index contributed by atoms with van der Waals surface area (Å²) in [5, 5.41) is 5.70. The molecule has 1 atom stereocenters. The monoisotopic (exact) mass is 312 g/mol. The van der Waals surface area contributed by atoms with Gasteiger partial charge in [0.15, 0.2) is 11.6 Å². The van der Waals surface area contributed by atoms with Crippen LogP contribution in [0, 0.1) is 5.82 Å². The number of thioether (sulfide) groups is 1. The Morgan fingerprint density at radius 1 is 1.52 bits per heavy atom. The standard InChI is InChI=1S/C15H21FN2O2S/c1-10(11-4-5-13(20-2)12(16)8-11)18-14(19)17-9-15(21-3)6-7-15/h4-5,8,10H,6-7,9H2,1-3H3,(H2,17,18,19). The van der Waals surface area contributed by atoms with Gasteiger partial charge in [0.05, 0.1) is 13.2 Å². The van der Waals surface area contributed by atoms with Gasteiger partial charge in [0, 0.05) is 11.3 Å². The highest BCUT2D eigenvalue weighted by Gasteiger charge is 2.41. The number of carbonyl (C=O) groups is 1. The van der Waals surface area contributed by atoms with Crippen molar-refractivity contribution < 1.29 is 13.9 Å². The van der Waals surface area contributed by atoms with Crippen LogP contribution in [0.3, 0.4) is 0 Å². The largest absolute Gasteiger partial charge is 0.494 e. The van der Waals surface area contributed by atoms with Crippen LogP contribution in [-0.4, -0.2) is 30.7 Å². The number of nitrogens with one attached hydrogen (secondary N) is 2. The second-order valence-corrected chi connectivity index (χ2v) is 6.60. The lowest BCUT2D eigenvalue weighted by molar-refractivity contribution is 0.237. The van der Waals surface area contributed by atoms with Crippen LogP contribution in [0.15, 0.2) is 18.2 Å². The number of rotatable bonds is 6. The van der Waals surface area contributed by atoms with Gasteiger partial charge in [-0.05, 0) is 43.7 Å². The van der Waals surface area contributed by atoms with E-state index in [2.05, 4.69) is 16.9 Å². The third kappa shape index (κ3) is 4.03. The second-order valence-electron chi connectivity index (χ2n) is 5.33. The average molecular weight is 312 g/mol. The maximum absolute atomic E-state index is 13.7. The topological polar surface area (TPSA) is 50.4 Å². The first-order chi connectivity index (χ1) is 9.99. The number of methoxy groups -OCH3 is 1. The highest BCUT2D eigenvalue weighted by Crippen LogP contribution is 2.46. The van der Waals surface area contributed by atoms with E-state index >= 15 is 0 Å². The van der Waals surface area contributed by atoms with Gasteiger partial charge in [-0.1, -0.05) is 6.07 Å². The van der Waals surface area contributed by atoms with E-state index in [1.165, 1.54) is 13.2 Å². The summed E-state index contributed by atoms with van der Waals surface area (Å²) >= 11 is 1.80. The Morgan fingerprint density at radius 2 is 2.24 bits per heavy atom. The molecule has 2 N–H and O–H groups in total. The van der Waals surface area contributed by atoms with E-state index in [4.69, 9.17) is 4.74 Å². The van der Waals surface area contributed by atoms with Crippen molar-refractivity contribution in [3.8, 4) is 5.75 Å². The number of hydrogen-bond acceptors (Lipinski definition) is 3. The highest BCUT2D eigenvalue weighted by atomic mass is 32.2. The maximum Gasteiger partial charge on any atom is 0.315 e. The molecule has 116 valence electrons. The third-order valence-corrected chi connectivity index (χ3v) is 5.25. The van der Waals surface area contributed by atoms with Crippen molar-refractivity contribution in [2.24, 2.45) is 0 Å². The van der Waals surface area contributed by atoms with E-state index in [-0.39, 0.29) is 22.6 Å². The predicted molar refractivity (Wildman–Crippen MR) is 83.4 cm³/mol. The van der Waals surface area contributed by atoms with Gasteiger partial charge in [-0.15, -0.1) is 0 Å². The van der Waals surface area contributed by atoms with Crippen LogP contribution in [0.4, 0.5) is 9.18 Å². The Bertz CT molecular complexity index is 520. The van der Waals surface area contributed by atoms with Gasteiger partial charge < -0.3 is 15.4 Å². The average Bonchev–Trinajstić information content (AvgIpc) is 3.25. The van der Waals surface area contributed by atoms with Crippen molar-refractivity contribution in [3.05, 3.63) is 29.6 Å². The van der Waals surface area contributed by atoms with E-state index in [9.17, 15) is 9.18 Å². The number of carbonyl (C=O) groups excluding carboxylic acids is 1. The Hall–Kier alpha value is -1.43. The molecule has 0 aliphatic heterocycles. The van der Waals surface area contributed by atoms with E-state index in [1.54, 1.807) is 23.9 Å². The molecule has 0 aromatic heterocycles. The first-order valence-corrected chi connectivity index (χ1v) is 8.15. The molecular weight excluding hydrogens is 291 g/mol. The zero-order valence-corrected chi connectivity index (χ0v) is 13.3. The molecule has 0 radical (unpaired) electrons. The van der Waals surface area contributed by atoms with E-state index in [0.717, 1.165) is 12.8 Å². The molecule has 1 aromatic rings. The summed E-state index contributed by atoms with van der Waals surface area (Å²) in [6, 6.07) is 4.20. The molecule has 2 rings (SSSR count). The van der Waals surface area contributed by atoms with Crippen LogP contribution in [0.25, 0.3) is 0 Å². The Kier molecular flexibility index (Phi) is 4.98. The van der Waals surface area contributed by atoms with Crippen molar-refractivity contribution in [1.29, 1.82) is 0 Å². The first-order valence-electron chi connectivity index (χ1n) is 6.92. The van der Waals surface area contributed by atoms with Crippen molar-refractivity contribution >= 4 is 17.8 Å². The van der Waals surface area contributed by atoms with Crippen LogP contribution in [0.5, 0.6) is 5.75 Å². The van der Waals surface area contributed by atoms with Gasteiger partial charge in [0.25, 0.3) is 0 Å². The van der Waals surface area contributed by atoms with Gasteiger partial charge in [0.1, 0.15) is 0 Å². The Labute approximate surface area is 128 Å². The number of hydrogen-bond donors (Lipinski definition) is 2. The fraction of sp³-hybridized carbons (Fsp3) is 0.533. The van der Waals surface area contributed by atoms with Crippen LogP contribution >= 0.6 is 11.8 Å². The molecule has 21 heavy (non-hydrogen) atoms. The van der Waals surface area contributed by atoms with Gasteiger partial charge in [-0.3, -0.25) is 0 Å². The van der Waals surface area contributed by atoms with Crippen LogP contribution in [0.2, 0.25) is 0 Å². The molecule has 0 bridgehead atoms. The molecular formula is C15H21FN2O2S. The molecule has 0 saturated heterocycles. The maximum atomic E-state index is 13.7. The lowest BCUT2D eigenvalue weighted by Crippen LogP contribution is -2.40. The van der Waals surface area contributed by atoms with Crippen LogP contribution < -0.4 is 15.4 Å². The van der Waals surface area contributed by atoms with Gasteiger partial charge >= 0.3 is 6.03 Å². The molecule has 6 heteroatoms. The zero-order chi connectivity index (χ0) is 15.5. The quantitative estimate of drug-likeness (QED) is 0.848. The van der Waals surface area contributed by atoms with E-state index in [1.807, 2.05) is 6.92 Å². The molecule has 0 heterocycles. The van der Waals surface area contributed by atoms with E-state index < -0.39 is 5.82 Å². The summed E-state index contributed by atoms with van der Waals surface area (Å²) in [7, 11) is 1.42. The normalized spacial score (nSPS) is 17.0. The minimum Gasteiger partial charge on any atom is -0.494 e. The van der Waals surface area contributed by atoms with Crippen molar-refractivity contribution in [2.75, 3.05) is 19.9 Å². The number of urea groups is 1. The van der Waals surface area contributed by atoms with Gasteiger partial charge in [0.2, 0.25) is 0 Å². The fourth-order valence-corrected chi connectivity index (χ4v) is 2.84. The number of benzene rings is 1. The predicted octanol–water partition coefficient (Wildman–Crippen LogP) is 3.09. The van der Waals surface area contributed by atoms with Crippen molar-refractivity contribution in [3.63, 3.8) is 0 Å². The molecule has 1 fully saturated rings. The Balaban J connectivity index is 1.87. The van der Waals surface area contributed by atoms with Crippen molar-refractivity contribution in [1.82, 2.24) is 10.6 Å². The summed E-state index contributed by atoms with van der Waals surface area (Å²) in [6.45, 7) is 2.49. The molecule has 1 saturated carbocycles. The molecule has 1 aliphatic carbocycles. The number of amides is 2. The van der Waals surface area contributed by atoms with Gasteiger partial charge in [-0.25, -0.2) is 9.18 Å². The smallest absolute Gasteiger partial charge is 0.315 e. The molecule has 0 spiro atoms. The number of ether oxygens (including phenoxy) is 1. The van der Waals surface area contributed by atoms with E-state index in [0.29, 0.717) is 12.1 Å². The lowest BCUT2D eigenvalue weighted by atomic mass is 10.1. The van der Waals surface area contributed by atoms with Crippen molar-refractivity contribution in [2.45, 2.75) is 30.6 Å². The minimum absolute atomic E-state index is 0.200. The van der Waals surface area contributed by atoms with Gasteiger partial charge in [-0.2, -0.15) is 11.8 Å². The Morgan fingerprint density at radius 3 is 2.76 bits per heavy atom. The summed E-state index contributed by atoms with van der Waals surface area (Å²) in [5.41, 5.74) is 0.703. The summed E-state index contributed by atoms with van der Waals surface area (Å²) < 4.78 is 18.8. The molecule has 2 amide bonds. The summed E-state index contributed by atoms with van der Waals surface area (Å²) in [6.07, 6.45) is 4.36. The lowest BCUT2D eigenvalue weighted by Gasteiger charge is -2.18. The molecule has 1 aliphatic rings. The third-order valence-electron chi connectivity index (χ3n) is 3.84. The SMILES string of the molecule is COc1ccc(C(C)NC(=O)NCC2(SC)CC2)cc1F. The van der Waals surface area contributed by atoms with Crippen LogP contribution in [0.1, 0.15) is 31.4 Å². The highest BCUT2D eigenvalue weighted by molar-refractivity contribution is 8.00. The molecule has 4 nitrogen and oxygen atoms in total. The molecule has 1 unspecified atom stereocenters. The molecule has 1 aromatic carbocycles. The first kappa shape index (κ1) is 15.9. The number of halogens is 1. The summed E-state index contributed by atoms with van der Waals surface area (Å²) in [5.74, 6) is -0.227. The van der Waals surface area contributed by atoms with Crippen LogP contribution in [-0.2, 0) is 0 Å². The second kappa shape index (κ2) is 6.56. The summed E-state index contributed by atoms with van der Waals surface area (Å²) in [4.78, 5) is 11.9.